The van der Waals surface area contributed by atoms with Gasteiger partial charge < -0.3 is 5.11 Å². The summed E-state index contributed by atoms with van der Waals surface area (Å²) >= 11 is 5.47. The summed E-state index contributed by atoms with van der Waals surface area (Å²) in [5.41, 5.74) is 0. The van der Waals surface area contributed by atoms with Gasteiger partial charge in [-0.25, -0.2) is 4.39 Å². The smallest absolute Gasteiger partial charge is 0.104 e. The zero-order valence-electron chi connectivity index (χ0n) is 4.35. The average molecular weight is 139 g/mol. The highest BCUT2D eigenvalue weighted by Crippen LogP contribution is 2.26. The summed E-state index contributed by atoms with van der Waals surface area (Å²) in [5.74, 6) is 0. The van der Waals surface area contributed by atoms with Crippen LogP contribution in [-0.4, -0.2) is 22.8 Å². The van der Waals surface area contributed by atoms with Crippen molar-refractivity contribution < 1.29 is 9.50 Å². The van der Waals surface area contributed by atoms with Gasteiger partial charge in [-0.15, -0.1) is 11.6 Å². The molecule has 3 atom stereocenters. The van der Waals surface area contributed by atoms with Gasteiger partial charge in [-0.05, 0) is 6.42 Å². The van der Waals surface area contributed by atoms with Gasteiger partial charge in [0.25, 0.3) is 0 Å². The van der Waals surface area contributed by atoms with Crippen molar-refractivity contribution >= 4 is 11.6 Å². The van der Waals surface area contributed by atoms with Gasteiger partial charge in [0.15, 0.2) is 0 Å². The lowest BCUT2D eigenvalue weighted by Crippen LogP contribution is -2.11. The minimum Gasteiger partial charge on any atom is -0.391 e. The summed E-state index contributed by atoms with van der Waals surface area (Å²) in [5, 5.41) is 8.44. The largest absolute Gasteiger partial charge is 0.391 e. The van der Waals surface area contributed by atoms with Gasteiger partial charge in [0, 0.05) is 6.42 Å². The Hall–Kier alpha value is 0.180. The zero-order valence-corrected chi connectivity index (χ0v) is 5.11. The predicted octanol–water partition coefficient (Wildman–Crippen LogP) is 1.09. The lowest BCUT2D eigenvalue weighted by Gasteiger charge is -2.01. The van der Waals surface area contributed by atoms with E-state index < -0.39 is 12.3 Å². The Bertz CT molecular complexity index is 78.5. The highest BCUT2D eigenvalue weighted by molar-refractivity contribution is 6.21. The van der Waals surface area contributed by atoms with Crippen molar-refractivity contribution in [2.45, 2.75) is 30.5 Å². The van der Waals surface area contributed by atoms with Gasteiger partial charge in [0.2, 0.25) is 0 Å². The van der Waals surface area contributed by atoms with Crippen molar-refractivity contribution in [3.8, 4) is 0 Å². The molecule has 0 amide bonds. The molecule has 0 aromatic rings. The van der Waals surface area contributed by atoms with Crippen molar-refractivity contribution in [3.63, 3.8) is 0 Å². The Morgan fingerprint density at radius 2 is 2.12 bits per heavy atom. The molecule has 8 heavy (non-hydrogen) atoms. The van der Waals surface area contributed by atoms with Crippen LogP contribution in [0, 0.1) is 0 Å². The van der Waals surface area contributed by atoms with E-state index >= 15 is 0 Å². The van der Waals surface area contributed by atoms with E-state index in [0.717, 1.165) is 0 Å². The molecule has 0 aromatic carbocycles. The molecule has 0 saturated heterocycles. The van der Waals surface area contributed by atoms with Crippen molar-refractivity contribution in [2.24, 2.45) is 0 Å². The van der Waals surface area contributed by atoms with Crippen LogP contribution < -0.4 is 0 Å². The molecule has 1 fully saturated rings. The van der Waals surface area contributed by atoms with Crippen LogP contribution in [0.25, 0.3) is 0 Å². The van der Waals surface area contributed by atoms with Crippen LogP contribution in [0.15, 0.2) is 0 Å². The van der Waals surface area contributed by atoms with Crippen LogP contribution in [0.3, 0.4) is 0 Å². The fourth-order valence-electron chi connectivity index (χ4n) is 0.907. The molecule has 0 heterocycles. The first-order valence-corrected chi connectivity index (χ1v) is 3.10. The first-order chi connectivity index (χ1) is 3.70. The van der Waals surface area contributed by atoms with E-state index in [1.54, 1.807) is 0 Å². The van der Waals surface area contributed by atoms with Crippen LogP contribution >= 0.6 is 11.6 Å². The maximum atomic E-state index is 12.2. The van der Waals surface area contributed by atoms with Crippen LogP contribution in [-0.2, 0) is 0 Å². The molecular formula is C5H8ClFO. The molecule has 0 bridgehead atoms. The molecule has 0 spiro atoms. The van der Waals surface area contributed by atoms with Gasteiger partial charge in [-0.2, -0.15) is 0 Å². The number of alkyl halides is 2. The Kier molecular flexibility index (Phi) is 1.73. The second-order valence-corrected chi connectivity index (χ2v) is 2.71. The van der Waals surface area contributed by atoms with Gasteiger partial charge in [-0.1, -0.05) is 0 Å². The standard InChI is InChI=1S/C5H8ClFO/c6-4-1-3(7)2-5(4)8/h3-5,8H,1-2H2. The van der Waals surface area contributed by atoms with Crippen LogP contribution in [0.4, 0.5) is 4.39 Å². The van der Waals surface area contributed by atoms with Crippen molar-refractivity contribution in [3.05, 3.63) is 0 Å². The molecule has 1 aliphatic carbocycles. The normalized spacial score (nSPS) is 47.6. The van der Waals surface area contributed by atoms with Crippen LogP contribution in [0.1, 0.15) is 12.8 Å². The maximum Gasteiger partial charge on any atom is 0.104 e. The average Bonchev–Trinajstić information content (AvgIpc) is 1.85. The van der Waals surface area contributed by atoms with E-state index in [9.17, 15) is 4.39 Å². The Balaban J connectivity index is 2.39. The van der Waals surface area contributed by atoms with E-state index in [-0.39, 0.29) is 11.8 Å². The fraction of sp³-hybridized carbons (Fsp3) is 1.00. The molecule has 1 N–H and O–H groups in total. The van der Waals surface area contributed by atoms with E-state index in [4.69, 9.17) is 16.7 Å². The summed E-state index contributed by atoms with van der Waals surface area (Å²) in [6.07, 6.45) is -0.976. The number of hydrogen-bond donors (Lipinski definition) is 1. The van der Waals surface area contributed by atoms with E-state index in [0.29, 0.717) is 6.42 Å². The van der Waals surface area contributed by atoms with E-state index in [1.165, 1.54) is 0 Å². The second kappa shape index (κ2) is 2.19. The predicted molar refractivity (Wildman–Crippen MR) is 29.8 cm³/mol. The second-order valence-electron chi connectivity index (χ2n) is 2.15. The molecule has 3 heteroatoms. The molecule has 1 rings (SSSR count). The SMILES string of the molecule is OC1CC(F)CC1Cl. The maximum absolute atomic E-state index is 12.2. The minimum absolute atomic E-state index is 0.216. The summed E-state index contributed by atoms with van der Waals surface area (Å²) in [4.78, 5) is 0. The third-order valence-electron chi connectivity index (χ3n) is 1.40. The first kappa shape index (κ1) is 6.30. The molecular weight excluding hydrogens is 131 g/mol. The number of rotatable bonds is 0. The van der Waals surface area contributed by atoms with Crippen LogP contribution in [0.2, 0.25) is 0 Å². The number of aliphatic hydroxyl groups excluding tert-OH is 1. The molecule has 48 valence electrons. The number of halogens is 2. The lowest BCUT2D eigenvalue weighted by molar-refractivity contribution is 0.174. The topological polar surface area (TPSA) is 20.2 Å². The Morgan fingerprint density at radius 1 is 1.50 bits per heavy atom. The van der Waals surface area contributed by atoms with Crippen LogP contribution in [0.5, 0.6) is 0 Å². The highest BCUT2D eigenvalue weighted by atomic mass is 35.5. The number of hydrogen-bond acceptors (Lipinski definition) is 1. The highest BCUT2D eigenvalue weighted by Gasteiger charge is 2.30. The third kappa shape index (κ3) is 1.12. The Labute approximate surface area is 52.5 Å². The molecule has 1 saturated carbocycles. The zero-order chi connectivity index (χ0) is 6.15. The Morgan fingerprint density at radius 3 is 2.25 bits per heavy atom. The molecule has 0 aromatic heterocycles. The first-order valence-electron chi connectivity index (χ1n) is 2.66. The number of aliphatic hydroxyl groups is 1. The molecule has 0 aliphatic heterocycles. The van der Waals surface area contributed by atoms with Gasteiger partial charge in [0.05, 0.1) is 11.5 Å². The minimum atomic E-state index is -0.882. The summed E-state index contributed by atoms with van der Waals surface area (Å²) in [6, 6.07) is 0. The molecule has 1 nitrogen and oxygen atoms in total. The lowest BCUT2D eigenvalue weighted by atomic mass is 10.3. The van der Waals surface area contributed by atoms with E-state index in [1.807, 2.05) is 0 Å². The monoisotopic (exact) mass is 138 g/mol. The summed E-state index contributed by atoms with van der Waals surface area (Å²) in [7, 11) is 0. The van der Waals surface area contributed by atoms with Gasteiger partial charge in [0.1, 0.15) is 6.17 Å². The molecule has 1 aliphatic rings. The van der Waals surface area contributed by atoms with Crippen molar-refractivity contribution in [1.29, 1.82) is 0 Å². The van der Waals surface area contributed by atoms with E-state index in [2.05, 4.69) is 0 Å². The molecule has 3 unspecified atom stereocenters. The van der Waals surface area contributed by atoms with Gasteiger partial charge >= 0.3 is 0 Å². The third-order valence-corrected chi connectivity index (χ3v) is 1.86. The quantitative estimate of drug-likeness (QED) is 0.497. The summed E-state index contributed by atoms with van der Waals surface area (Å²) < 4.78 is 12.2. The van der Waals surface area contributed by atoms with Gasteiger partial charge in [-0.3, -0.25) is 0 Å². The van der Waals surface area contributed by atoms with Crippen molar-refractivity contribution in [2.75, 3.05) is 0 Å². The summed E-state index contributed by atoms with van der Waals surface area (Å²) in [6.45, 7) is 0. The fourth-order valence-corrected chi connectivity index (χ4v) is 1.20. The van der Waals surface area contributed by atoms with Crippen molar-refractivity contribution in [1.82, 2.24) is 0 Å². The molecule has 0 radical (unpaired) electrons.